The lowest BCUT2D eigenvalue weighted by molar-refractivity contribution is -0.144. The van der Waals surface area contributed by atoms with Crippen LogP contribution >= 0.6 is 0 Å². The van der Waals surface area contributed by atoms with Crippen LogP contribution in [0.3, 0.4) is 0 Å². The molecule has 1 aliphatic carbocycles. The molecule has 0 spiro atoms. The van der Waals surface area contributed by atoms with E-state index in [2.05, 4.69) is 32.2 Å². The number of carbonyl (C=O) groups excluding carboxylic acids is 1. The zero-order chi connectivity index (χ0) is 33.4. The van der Waals surface area contributed by atoms with Crippen molar-refractivity contribution in [1.29, 1.82) is 0 Å². The van der Waals surface area contributed by atoms with E-state index in [9.17, 15) is 15.0 Å². The highest BCUT2D eigenvalue weighted by atomic mass is 16.5. The van der Waals surface area contributed by atoms with Gasteiger partial charge in [0.2, 0.25) is 0 Å². The summed E-state index contributed by atoms with van der Waals surface area (Å²) in [4.78, 5) is 28.0. The van der Waals surface area contributed by atoms with Gasteiger partial charge < -0.3 is 25.4 Å². The summed E-state index contributed by atoms with van der Waals surface area (Å²) in [5.74, 6) is 0.0905. The maximum Gasteiger partial charge on any atom is 0.305 e. The third kappa shape index (κ3) is 6.07. The first kappa shape index (κ1) is 32.8. The fourth-order valence-corrected chi connectivity index (χ4v) is 7.46. The minimum atomic E-state index is -0.218. The molecule has 9 nitrogen and oxygen atoms in total. The van der Waals surface area contributed by atoms with Crippen molar-refractivity contribution in [3.8, 4) is 0 Å². The number of allylic oxidation sites excluding steroid dienone is 11. The molecule has 0 amide bonds. The first-order valence-corrected chi connectivity index (χ1v) is 17.0. The molecule has 6 aliphatic rings. The molecule has 0 radical (unpaired) electrons. The van der Waals surface area contributed by atoms with Gasteiger partial charge in [-0.15, -0.1) is 0 Å². The van der Waals surface area contributed by atoms with Crippen LogP contribution in [-0.4, -0.2) is 58.2 Å². The molecule has 0 aromatic heterocycles. The van der Waals surface area contributed by atoms with E-state index in [1.165, 1.54) is 0 Å². The minimum Gasteiger partial charge on any atom is -0.511 e. The second-order valence-corrected chi connectivity index (χ2v) is 13.2. The fourth-order valence-electron chi connectivity index (χ4n) is 7.46. The summed E-state index contributed by atoms with van der Waals surface area (Å²) in [5, 5.41) is 34.4. The van der Waals surface area contributed by atoms with Crippen molar-refractivity contribution in [1.82, 2.24) is 5.32 Å². The van der Waals surface area contributed by atoms with E-state index in [0.717, 1.165) is 111 Å². The summed E-state index contributed by atoms with van der Waals surface area (Å²) in [6, 6.07) is 0. The number of fused-ring (bicyclic) bond motifs is 5. The summed E-state index contributed by atoms with van der Waals surface area (Å²) in [5.41, 5.74) is 13.3. The number of nitrogens with zero attached hydrogens (tertiary/aromatic N) is 3. The van der Waals surface area contributed by atoms with Gasteiger partial charge in [0.15, 0.2) is 0 Å². The number of aliphatic hydroxyl groups is 3. The standard InChI is InChI=1S/C38H46N4O5/c1-6-24-20(2)29-17-33-27(19-44)22(4)28(40-33)16-30-21(3)25(11-12-35(46)47-14-10-8-7-9-13-43)37(41-30)26-15-34(45)36-23(5)31(42-38(26)36)18-32(24)39-29/h16-18,21,25,41,43-45H,6-15,19H2,1-5H3/t21-,25-/m0/s1. The van der Waals surface area contributed by atoms with Crippen molar-refractivity contribution in [2.45, 2.75) is 86.0 Å². The van der Waals surface area contributed by atoms with Crippen LogP contribution in [-0.2, 0) is 9.53 Å². The Hall–Kier alpha value is -4.08. The summed E-state index contributed by atoms with van der Waals surface area (Å²) < 4.78 is 5.56. The Bertz CT molecular complexity index is 1750. The summed E-state index contributed by atoms with van der Waals surface area (Å²) in [6.45, 7) is 10.8. The zero-order valence-electron chi connectivity index (χ0n) is 28.2. The monoisotopic (exact) mass is 638 g/mol. The van der Waals surface area contributed by atoms with Crippen LogP contribution in [0.5, 0.6) is 0 Å². The number of hydrogen-bond acceptors (Lipinski definition) is 9. The van der Waals surface area contributed by atoms with Gasteiger partial charge in [-0.25, -0.2) is 15.0 Å². The van der Waals surface area contributed by atoms with Crippen molar-refractivity contribution in [3.63, 3.8) is 0 Å². The lowest BCUT2D eigenvalue weighted by Gasteiger charge is -2.17. The molecule has 248 valence electrons. The molecular formula is C38H46N4O5. The summed E-state index contributed by atoms with van der Waals surface area (Å²) >= 11 is 0. The van der Waals surface area contributed by atoms with Crippen LogP contribution in [0.1, 0.15) is 86.0 Å². The predicted molar refractivity (Wildman–Crippen MR) is 185 cm³/mol. The third-order valence-corrected chi connectivity index (χ3v) is 10.3. The minimum absolute atomic E-state index is 0.0287. The van der Waals surface area contributed by atoms with Gasteiger partial charge in [-0.2, -0.15) is 0 Å². The van der Waals surface area contributed by atoms with Crippen molar-refractivity contribution >= 4 is 23.1 Å². The second kappa shape index (κ2) is 13.6. The van der Waals surface area contributed by atoms with Gasteiger partial charge >= 0.3 is 5.97 Å². The van der Waals surface area contributed by atoms with E-state index in [0.29, 0.717) is 30.9 Å². The molecule has 9 heteroatoms. The fraction of sp³-hybridized carbons (Fsp3) is 0.474. The van der Waals surface area contributed by atoms with Gasteiger partial charge in [0.1, 0.15) is 5.76 Å². The predicted octanol–water partition coefficient (Wildman–Crippen LogP) is 6.53. The van der Waals surface area contributed by atoms with E-state index >= 15 is 0 Å². The number of ether oxygens (including phenoxy) is 1. The lowest BCUT2D eigenvalue weighted by Crippen LogP contribution is -2.16. The van der Waals surface area contributed by atoms with E-state index in [4.69, 9.17) is 24.8 Å². The smallest absolute Gasteiger partial charge is 0.305 e. The summed E-state index contributed by atoms with van der Waals surface area (Å²) in [7, 11) is 0. The number of aliphatic hydroxyl groups excluding tert-OH is 3. The van der Waals surface area contributed by atoms with Gasteiger partial charge in [-0.05, 0) is 93.4 Å². The maximum atomic E-state index is 12.8. The first-order chi connectivity index (χ1) is 22.7. The summed E-state index contributed by atoms with van der Waals surface area (Å²) in [6.07, 6.45) is 11.5. The average molecular weight is 639 g/mol. The number of hydrogen-bond donors (Lipinski definition) is 4. The Labute approximate surface area is 277 Å². The number of nitrogens with one attached hydrogen (secondary N) is 1. The number of esters is 1. The first-order valence-electron chi connectivity index (χ1n) is 17.0. The van der Waals surface area contributed by atoms with E-state index in [1.54, 1.807) is 0 Å². The van der Waals surface area contributed by atoms with Crippen LogP contribution in [0.15, 0.2) is 106 Å². The molecule has 8 bridgehead atoms. The Morgan fingerprint density at radius 1 is 0.936 bits per heavy atom. The molecule has 2 atom stereocenters. The zero-order valence-corrected chi connectivity index (χ0v) is 28.2. The van der Waals surface area contributed by atoms with Gasteiger partial charge in [0.25, 0.3) is 0 Å². The molecule has 1 saturated heterocycles. The Morgan fingerprint density at radius 2 is 1.64 bits per heavy atom. The molecule has 0 unspecified atom stereocenters. The number of rotatable bonds is 11. The van der Waals surface area contributed by atoms with Crippen LogP contribution in [0.25, 0.3) is 0 Å². The highest BCUT2D eigenvalue weighted by Crippen LogP contribution is 2.46. The maximum absolute atomic E-state index is 12.8. The SMILES string of the molecule is CCC1=C(C)C2=NC1=CC1=C(C)C3=C(O)CC(=C4NC(=CC5=NC(=C2)C(CO)=C5C)[C@@H](C)[C@@H]4CCC(=O)OCCCCCCO)C3=N1. The van der Waals surface area contributed by atoms with Crippen molar-refractivity contribution < 1.29 is 24.9 Å². The van der Waals surface area contributed by atoms with Crippen LogP contribution in [0.4, 0.5) is 0 Å². The molecule has 0 aromatic rings. The molecule has 47 heavy (non-hydrogen) atoms. The number of carbonyl (C=O) groups is 1. The van der Waals surface area contributed by atoms with Gasteiger partial charge in [0, 0.05) is 59.4 Å². The van der Waals surface area contributed by atoms with Crippen LogP contribution < -0.4 is 5.32 Å². The second-order valence-electron chi connectivity index (χ2n) is 13.2. The van der Waals surface area contributed by atoms with Crippen molar-refractivity contribution in [2.24, 2.45) is 26.8 Å². The third-order valence-electron chi connectivity index (χ3n) is 10.3. The van der Waals surface area contributed by atoms with E-state index in [-0.39, 0.29) is 37.4 Å². The molecule has 5 heterocycles. The molecule has 5 aliphatic heterocycles. The molecule has 4 N–H and O–H groups in total. The number of aliphatic imine (C=N–C) groups is 3. The van der Waals surface area contributed by atoms with Gasteiger partial charge in [-0.1, -0.05) is 20.3 Å². The van der Waals surface area contributed by atoms with Crippen LogP contribution in [0, 0.1) is 11.8 Å². The highest BCUT2D eigenvalue weighted by molar-refractivity contribution is 6.21. The van der Waals surface area contributed by atoms with E-state index < -0.39 is 0 Å². The largest absolute Gasteiger partial charge is 0.511 e. The Kier molecular flexibility index (Phi) is 9.48. The quantitative estimate of drug-likeness (QED) is 0.150. The number of unbranched alkanes of at least 4 members (excludes halogenated alkanes) is 3. The van der Waals surface area contributed by atoms with Gasteiger partial charge in [0.05, 0.1) is 47.4 Å². The van der Waals surface area contributed by atoms with Crippen molar-refractivity contribution in [3.05, 3.63) is 91.5 Å². The van der Waals surface area contributed by atoms with Crippen LogP contribution in [0.2, 0.25) is 0 Å². The molecule has 0 aromatic carbocycles. The topological polar surface area (TPSA) is 136 Å². The normalized spacial score (nSPS) is 23.4. The van der Waals surface area contributed by atoms with Gasteiger partial charge in [-0.3, -0.25) is 4.79 Å². The average Bonchev–Trinajstić information content (AvgIpc) is 3.80. The molecule has 1 fully saturated rings. The Morgan fingerprint density at radius 3 is 2.36 bits per heavy atom. The molecular weight excluding hydrogens is 592 g/mol. The van der Waals surface area contributed by atoms with E-state index in [1.807, 2.05) is 26.0 Å². The Balaban J connectivity index is 1.40. The molecule has 6 rings (SSSR count). The lowest BCUT2D eigenvalue weighted by atomic mass is 9.86. The highest BCUT2D eigenvalue weighted by Gasteiger charge is 2.41. The molecule has 0 saturated carbocycles. The van der Waals surface area contributed by atoms with Crippen molar-refractivity contribution in [2.75, 3.05) is 19.8 Å².